The molecule has 0 aliphatic heterocycles. The number of aliphatic imine (C=N–C) groups is 1. The van der Waals surface area contributed by atoms with Gasteiger partial charge in [0.25, 0.3) is 0 Å². The van der Waals surface area contributed by atoms with E-state index in [4.69, 9.17) is 4.42 Å². The molecule has 2 heterocycles. The standard InChI is InChI=1S/C24H26N6O/c1-17-13-18(2)30(29-17)22-12-8-7-11-20(22)14-26-24(25-3)27-15-21-16-31-23(28-21)19-9-5-4-6-10-19/h4-13,16H,14-15H2,1-3H3,(H2,25,26,27). The third-order valence-electron chi connectivity index (χ3n) is 4.91. The van der Waals surface area contributed by atoms with Gasteiger partial charge in [0.1, 0.15) is 6.26 Å². The van der Waals surface area contributed by atoms with Gasteiger partial charge in [0, 0.05) is 24.8 Å². The highest BCUT2D eigenvalue weighted by Gasteiger charge is 2.10. The molecule has 7 heteroatoms. The first-order chi connectivity index (χ1) is 15.1. The second-order valence-electron chi connectivity index (χ2n) is 7.26. The summed E-state index contributed by atoms with van der Waals surface area (Å²) >= 11 is 0. The van der Waals surface area contributed by atoms with Crippen LogP contribution in [-0.2, 0) is 13.1 Å². The average Bonchev–Trinajstić information content (AvgIpc) is 3.40. The molecule has 0 saturated carbocycles. The number of hydrogen-bond acceptors (Lipinski definition) is 4. The van der Waals surface area contributed by atoms with Crippen LogP contribution in [0.5, 0.6) is 0 Å². The van der Waals surface area contributed by atoms with Crippen LogP contribution in [0, 0.1) is 13.8 Å². The summed E-state index contributed by atoms with van der Waals surface area (Å²) in [5.41, 5.74) is 6.05. The molecule has 2 N–H and O–H groups in total. The van der Waals surface area contributed by atoms with E-state index in [0.717, 1.165) is 33.9 Å². The molecule has 4 aromatic rings. The van der Waals surface area contributed by atoms with Crippen LogP contribution in [0.15, 0.2) is 76.3 Å². The minimum Gasteiger partial charge on any atom is -0.444 e. The van der Waals surface area contributed by atoms with Crippen LogP contribution in [0.25, 0.3) is 17.1 Å². The van der Waals surface area contributed by atoms with Gasteiger partial charge in [0.05, 0.1) is 23.6 Å². The fourth-order valence-electron chi connectivity index (χ4n) is 3.42. The molecule has 2 aromatic heterocycles. The predicted molar refractivity (Wildman–Crippen MR) is 122 cm³/mol. The lowest BCUT2D eigenvalue weighted by Gasteiger charge is -2.14. The molecule has 0 atom stereocenters. The molecule has 0 bridgehead atoms. The molecule has 2 aromatic carbocycles. The van der Waals surface area contributed by atoms with Crippen molar-refractivity contribution in [2.45, 2.75) is 26.9 Å². The SMILES string of the molecule is CN=C(NCc1coc(-c2ccccc2)n1)NCc1ccccc1-n1nc(C)cc1C. The summed E-state index contributed by atoms with van der Waals surface area (Å²) in [4.78, 5) is 8.87. The molecule has 0 radical (unpaired) electrons. The lowest BCUT2D eigenvalue weighted by molar-refractivity contribution is 0.572. The van der Waals surface area contributed by atoms with Crippen molar-refractivity contribution < 1.29 is 4.42 Å². The zero-order valence-corrected chi connectivity index (χ0v) is 18.0. The van der Waals surface area contributed by atoms with Crippen LogP contribution < -0.4 is 10.6 Å². The molecule has 7 nitrogen and oxygen atoms in total. The lowest BCUT2D eigenvalue weighted by atomic mass is 10.1. The van der Waals surface area contributed by atoms with E-state index in [1.807, 2.05) is 54.1 Å². The molecule has 0 unspecified atom stereocenters. The maximum absolute atomic E-state index is 5.60. The van der Waals surface area contributed by atoms with Gasteiger partial charge in [0.2, 0.25) is 5.89 Å². The van der Waals surface area contributed by atoms with Crippen molar-refractivity contribution in [3.8, 4) is 17.1 Å². The van der Waals surface area contributed by atoms with Crippen LogP contribution in [0.4, 0.5) is 0 Å². The van der Waals surface area contributed by atoms with Gasteiger partial charge < -0.3 is 15.1 Å². The van der Waals surface area contributed by atoms with Gasteiger partial charge in [-0.3, -0.25) is 4.99 Å². The van der Waals surface area contributed by atoms with Gasteiger partial charge in [-0.1, -0.05) is 36.4 Å². The number of aryl methyl sites for hydroxylation is 2. The van der Waals surface area contributed by atoms with Crippen molar-refractivity contribution in [1.82, 2.24) is 25.4 Å². The summed E-state index contributed by atoms with van der Waals surface area (Å²) < 4.78 is 7.58. The fourth-order valence-corrected chi connectivity index (χ4v) is 3.42. The zero-order chi connectivity index (χ0) is 21.6. The summed E-state index contributed by atoms with van der Waals surface area (Å²) in [6.07, 6.45) is 1.67. The highest BCUT2D eigenvalue weighted by atomic mass is 16.3. The van der Waals surface area contributed by atoms with Crippen molar-refractivity contribution in [1.29, 1.82) is 0 Å². The lowest BCUT2D eigenvalue weighted by Crippen LogP contribution is -2.36. The number of benzene rings is 2. The van der Waals surface area contributed by atoms with E-state index in [1.54, 1.807) is 13.3 Å². The molecular weight excluding hydrogens is 388 g/mol. The van der Waals surface area contributed by atoms with Crippen LogP contribution in [0.3, 0.4) is 0 Å². The Morgan fingerprint density at radius 1 is 1.00 bits per heavy atom. The van der Waals surface area contributed by atoms with Gasteiger partial charge in [-0.25, -0.2) is 9.67 Å². The van der Waals surface area contributed by atoms with Gasteiger partial charge in [0.15, 0.2) is 5.96 Å². The minimum atomic E-state index is 0.509. The number of rotatable bonds is 6. The molecular formula is C24H26N6O. The van der Waals surface area contributed by atoms with Gasteiger partial charge in [-0.2, -0.15) is 5.10 Å². The predicted octanol–water partition coefficient (Wildman–Crippen LogP) is 4.01. The van der Waals surface area contributed by atoms with Crippen LogP contribution in [0.2, 0.25) is 0 Å². The Morgan fingerprint density at radius 3 is 2.48 bits per heavy atom. The number of nitrogens with one attached hydrogen (secondary N) is 2. The molecule has 0 aliphatic rings. The number of nitrogens with zero attached hydrogens (tertiary/aromatic N) is 4. The molecule has 0 saturated heterocycles. The number of aromatic nitrogens is 3. The quantitative estimate of drug-likeness (QED) is 0.368. The van der Waals surface area contributed by atoms with Crippen molar-refractivity contribution in [2.24, 2.45) is 4.99 Å². The summed E-state index contributed by atoms with van der Waals surface area (Å²) in [5.74, 6) is 1.30. The number of guanidine groups is 1. The maximum Gasteiger partial charge on any atom is 0.226 e. The zero-order valence-electron chi connectivity index (χ0n) is 18.0. The maximum atomic E-state index is 5.60. The summed E-state index contributed by atoms with van der Waals surface area (Å²) in [6.45, 7) is 5.19. The summed E-state index contributed by atoms with van der Waals surface area (Å²) in [5, 5.41) is 11.3. The third-order valence-corrected chi connectivity index (χ3v) is 4.91. The first kappa shape index (κ1) is 20.4. The molecule has 0 spiro atoms. The number of hydrogen-bond donors (Lipinski definition) is 2. The Balaban J connectivity index is 1.39. The van der Waals surface area contributed by atoms with Gasteiger partial charge in [-0.15, -0.1) is 0 Å². The van der Waals surface area contributed by atoms with E-state index in [9.17, 15) is 0 Å². The Morgan fingerprint density at radius 2 is 1.74 bits per heavy atom. The van der Waals surface area contributed by atoms with Crippen molar-refractivity contribution >= 4 is 5.96 Å². The highest BCUT2D eigenvalue weighted by Crippen LogP contribution is 2.18. The van der Waals surface area contributed by atoms with E-state index in [2.05, 4.69) is 50.8 Å². The smallest absolute Gasteiger partial charge is 0.226 e. The van der Waals surface area contributed by atoms with Crippen LogP contribution >= 0.6 is 0 Å². The Labute approximate surface area is 181 Å². The topological polar surface area (TPSA) is 80.3 Å². The molecule has 0 fully saturated rings. The van der Waals surface area contributed by atoms with E-state index in [-0.39, 0.29) is 0 Å². The molecule has 31 heavy (non-hydrogen) atoms. The molecule has 4 rings (SSSR count). The second kappa shape index (κ2) is 9.30. The van der Waals surface area contributed by atoms with Crippen molar-refractivity contribution in [3.63, 3.8) is 0 Å². The van der Waals surface area contributed by atoms with Gasteiger partial charge >= 0.3 is 0 Å². The van der Waals surface area contributed by atoms with Crippen LogP contribution in [-0.4, -0.2) is 27.8 Å². The Kier molecular flexibility index (Phi) is 6.12. The van der Waals surface area contributed by atoms with Crippen molar-refractivity contribution in [3.05, 3.63) is 89.6 Å². The third kappa shape index (κ3) is 4.83. The first-order valence-corrected chi connectivity index (χ1v) is 10.2. The van der Waals surface area contributed by atoms with Crippen LogP contribution in [0.1, 0.15) is 22.6 Å². The monoisotopic (exact) mass is 414 g/mol. The fraction of sp³-hybridized carbons (Fsp3) is 0.208. The van der Waals surface area contributed by atoms with E-state index in [0.29, 0.717) is 24.9 Å². The van der Waals surface area contributed by atoms with E-state index < -0.39 is 0 Å². The van der Waals surface area contributed by atoms with E-state index in [1.165, 1.54) is 0 Å². The minimum absolute atomic E-state index is 0.509. The number of para-hydroxylation sites is 1. The summed E-state index contributed by atoms with van der Waals surface area (Å²) in [7, 11) is 1.75. The molecule has 0 aliphatic carbocycles. The largest absolute Gasteiger partial charge is 0.444 e. The van der Waals surface area contributed by atoms with Gasteiger partial charge in [-0.05, 0) is 43.7 Å². The summed E-state index contributed by atoms with van der Waals surface area (Å²) in [6, 6.07) is 20.2. The second-order valence-corrected chi connectivity index (χ2v) is 7.26. The number of oxazole rings is 1. The molecule has 158 valence electrons. The Hall–Kier alpha value is -3.87. The first-order valence-electron chi connectivity index (χ1n) is 10.2. The average molecular weight is 415 g/mol. The Bertz CT molecular complexity index is 1180. The highest BCUT2D eigenvalue weighted by molar-refractivity contribution is 5.79. The van der Waals surface area contributed by atoms with Crippen molar-refractivity contribution in [2.75, 3.05) is 7.05 Å². The molecule has 0 amide bonds. The normalized spacial score (nSPS) is 11.5. The van der Waals surface area contributed by atoms with E-state index >= 15 is 0 Å².